The molecular formula is C19H39NO. The van der Waals surface area contributed by atoms with Crippen LogP contribution in [0.4, 0.5) is 0 Å². The number of hydrogen-bond donors (Lipinski definition) is 1. The van der Waals surface area contributed by atoms with E-state index in [-0.39, 0.29) is 0 Å². The SMILES string of the molecule is CCCCC(CC)CCC(CCC(CC)CCCC)=NO. The Morgan fingerprint density at radius 2 is 1.19 bits per heavy atom. The number of unbranched alkanes of at least 4 members (excludes halogenated alkanes) is 2. The summed E-state index contributed by atoms with van der Waals surface area (Å²) in [4.78, 5) is 0. The van der Waals surface area contributed by atoms with Gasteiger partial charge in [-0.05, 0) is 37.5 Å². The molecule has 0 bridgehead atoms. The van der Waals surface area contributed by atoms with Crippen molar-refractivity contribution >= 4 is 5.71 Å². The minimum absolute atomic E-state index is 0.809. The predicted octanol–water partition coefficient (Wildman–Crippen LogP) is 6.81. The van der Waals surface area contributed by atoms with E-state index < -0.39 is 0 Å². The van der Waals surface area contributed by atoms with Crippen molar-refractivity contribution in [3.8, 4) is 0 Å². The van der Waals surface area contributed by atoms with Gasteiger partial charge in [0.05, 0.1) is 5.71 Å². The Labute approximate surface area is 133 Å². The zero-order valence-corrected chi connectivity index (χ0v) is 15.0. The highest BCUT2D eigenvalue weighted by Gasteiger charge is 2.11. The summed E-state index contributed by atoms with van der Waals surface area (Å²) in [5.41, 5.74) is 1.03. The molecule has 0 fully saturated rings. The van der Waals surface area contributed by atoms with E-state index in [1.54, 1.807) is 0 Å². The number of nitrogens with zero attached hydrogens (tertiary/aromatic N) is 1. The van der Waals surface area contributed by atoms with Crippen LogP contribution in [0.1, 0.15) is 105 Å². The lowest BCUT2D eigenvalue weighted by atomic mass is 9.90. The van der Waals surface area contributed by atoms with Gasteiger partial charge in [0.25, 0.3) is 0 Å². The van der Waals surface area contributed by atoms with E-state index in [0.29, 0.717) is 0 Å². The minimum atomic E-state index is 0.809. The second-order valence-corrected chi connectivity index (χ2v) is 6.58. The molecule has 2 unspecified atom stereocenters. The Bertz CT molecular complexity index is 228. The van der Waals surface area contributed by atoms with Gasteiger partial charge in [0.1, 0.15) is 0 Å². The van der Waals surface area contributed by atoms with Crippen molar-refractivity contribution in [1.82, 2.24) is 0 Å². The van der Waals surface area contributed by atoms with E-state index in [9.17, 15) is 5.21 Å². The molecule has 0 aliphatic carbocycles. The van der Waals surface area contributed by atoms with Gasteiger partial charge in [-0.15, -0.1) is 0 Å². The van der Waals surface area contributed by atoms with Crippen LogP contribution in [0.15, 0.2) is 5.16 Å². The molecule has 0 aromatic carbocycles. The molecule has 2 atom stereocenters. The molecule has 0 saturated heterocycles. The summed E-state index contributed by atoms with van der Waals surface area (Å²) in [5.74, 6) is 1.62. The highest BCUT2D eigenvalue weighted by Crippen LogP contribution is 2.22. The molecule has 0 aliphatic heterocycles. The molecule has 0 aliphatic rings. The summed E-state index contributed by atoms with van der Waals surface area (Å²) in [6, 6.07) is 0. The van der Waals surface area contributed by atoms with E-state index in [1.165, 1.54) is 64.2 Å². The van der Waals surface area contributed by atoms with Crippen molar-refractivity contribution in [2.24, 2.45) is 17.0 Å². The maximum absolute atomic E-state index is 9.24. The molecule has 0 amide bonds. The summed E-state index contributed by atoms with van der Waals surface area (Å²) in [7, 11) is 0. The molecule has 0 radical (unpaired) electrons. The van der Waals surface area contributed by atoms with Crippen molar-refractivity contribution < 1.29 is 5.21 Å². The molecule has 0 spiro atoms. The topological polar surface area (TPSA) is 32.6 Å². The summed E-state index contributed by atoms with van der Waals surface area (Å²) in [5, 5.41) is 12.8. The normalized spacial score (nSPS) is 13.9. The van der Waals surface area contributed by atoms with Gasteiger partial charge in [0, 0.05) is 0 Å². The van der Waals surface area contributed by atoms with Gasteiger partial charge in [0.15, 0.2) is 0 Å². The first-order valence-electron chi connectivity index (χ1n) is 9.41. The largest absolute Gasteiger partial charge is 0.411 e. The third-order valence-corrected chi connectivity index (χ3v) is 4.91. The fourth-order valence-electron chi connectivity index (χ4n) is 3.06. The predicted molar refractivity (Wildman–Crippen MR) is 94.3 cm³/mol. The van der Waals surface area contributed by atoms with Crippen LogP contribution in [0.3, 0.4) is 0 Å². The second kappa shape index (κ2) is 14.4. The zero-order chi connectivity index (χ0) is 15.9. The van der Waals surface area contributed by atoms with E-state index >= 15 is 0 Å². The van der Waals surface area contributed by atoms with E-state index in [2.05, 4.69) is 32.9 Å². The molecule has 0 heterocycles. The summed E-state index contributed by atoms with van der Waals surface area (Å²) < 4.78 is 0. The molecule has 0 aromatic heterocycles. The van der Waals surface area contributed by atoms with Crippen molar-refractivity contribution in [3.05, 3.63) is 0 Å². The zero-order valence-electron chi connectivity index (χ0n) is 15.0. The van der Waals surface area contributed by atoms with Gasteiger partial charge < -0.3 is 5.21 Å². The van der Waals surface area contributed by atoms with E-state index in [4.69, 9.17) is 0 Å². The third kappa shape index (κ3) is 10.8. The standard InChI is InChI=1S/C19H39NO/c1-5-9-11-17(7-3)13-15-19(20-21)16-14-18(8-4)12-10-6-2/h17-18,21H,5-16H2,1-4H3. The van der Waals surface area contributed by atoms with Gasteiger partial charge in [-0.25, -0.2) is 0 Å². The van der Waals surface area contributed by atoms with Crippen LogP contribution >= 0.6 is 0 Å². The van der Waals surface area contributed by atoms with Crippen molar-refractivity contribution in [2.45, 2.75) is 105 Å². The molecule has 0 aromatic rings. The average Bonchev–Trinajstić information content (AvgIpc) is 2.52. The summed E-state index contributed by atoms with van der Waals surface area (Å²) in [6.45, 7) is 9.09. The molecule has 126 valence electrons. The van der Waals surface area contributed by atoms with Gasteiger partial charge in [0.2, 0.25) is 0 Å². The fraction of sp³-hybridized carbons (Fsp3) is 0.947. The molecule has 2 heteroatoms. The van der Waals surface area contributed by atoms with Crippen LogP contribution in [-0.4, -0.2) is 10.9 Å². The van der Waals surface area contributed by atoms with E-state index in [1.807, 2.05) is 0 Å². The number of oxime groups is 1. The van der Waals surface area contributed by atoms with Crippen LogP contribution in [0.2, 0.25) is 0 Å². The van der Waals surface area contributed by atoms with E-state index in [0.717, 1.165) is 30.4 Å². The Balaban J connectivity index is 4.03. The van der Waals surface area contributed by atoms with Gasteiger partial charge >= 0.3 is 0 Å². The highest BCUT2D eigenvalue weighted by atomic mass is 16.4. The quantitative estimate of drug-likeness (QED) is 0.213. The first-order chi connectivity index (χ1) is 10.2. The van der Waals surface area contributed by atoms with Gasteiger partial charge in [-0.2, -0.15) is 0 Å². The van der Waals surface area contributed by atoms with Crippen molar-refractivity contribution in [1.29, 1.82) is 0 Å². The molecule has 0 saturated carbocycles. The molecule has 1 N–H and O–H groups in total. The Morgan fingerprint density at radius 1 is 0.762 bits per heavy atom. The lowest BCUT2D eigenvalue weighted by molar-refractivity contribution is 0.313. The number of hydrogen-bond acceptors (Lipinski definition) is 2. The fourth-order valence-corrected chi connectivity index (χ4v) is 3.06. The minimum Gasteiger partial charge on any atom is -0.411 e. The summed E-state index contributed by atoms with van der Waals surface area (Å²) in [6.07, 6.45) is 14.8. The van der Waals surface area contributed by atoms with Crippen LogP contribution in [0, 0.1) is 11.8 Å². The number of rotatable bonds is 14. The monoisotopic (exact) mass is 297 g/mol. The van der Waals surface area contributed by atoms with Crippen LogP contribution in [-0.2, 0) is 0 Å². The smallest absolute Gasteiger partial charge is 0.0571 e. The van der Waals surface area contributed by atoms with Crippen molar-refractivity contribution in [3.63, 3.8) is 0 Å². The lowest BCUT2D eigenvalue weighted by Crippen LogP contribution is -2.08. The Hall–Kier alpha value is -0.530. The highest BCUT2D eigenvalue weighted by molar-refractivity contribution is 5.83. The first-order valence-corrected chi connectivity index (χ1v) is 9.41. The van der Waals surface area contributed by atoms with Crippen LogP contribution in [0.5, 0.6) is 0 Å². The van der Waals surface area contributed by atoms with Crippen LogP contribution in [0.25, 0.3) is 0 Å². The summed E-state index contributed by atoms with van der Waals surface area (Å²) >= 11 is 0. The van der Waals surface area contributed by atoms with Crippen molar-refractivity contribution in [2.75, 3.05) is 0 Å². The van der Waals surface area contributed by atoms with Crippen LogP contribution < -0.4 is 0 Å². The first kappa shape index (κ1) is 20.5. The van der Waals surface area contributed by atoms with Gasteiger partial charge in [-0.3, -0.25) is 0 Å². The second-order valence-electron chi connectivity index (χ2n) is 6.58. The molecule has 21 heavy (non-hydrogen) atoms. The molecular weight excluding hydrogens is 258 g/mol. The maximum Gasteiger partial charge on any atom is 0.0571 e. The molecule has 0 rings (SSSR count). The Morgan fingerprint density at radius 3 is 1.48 bits per heavy atom. The lowest BCUT2D eigenvalue weighted by Gasteiger charge is -2.17. The Kier molecular flexibility index (Phi) is 14.0. The molecule has 2 nitrogen and oxygen atoms in total. The average molecular weight is 298 g/mol. The third-order valence-electron chi connectivity index (χ3n) is 4.91. The maximum atomic E-state index is 9.24. The van der Waals surface area contributed by atoms with Gasteiger partial charge in [-0.1, -0.05) is 84.2 Å².